The van der Waals surface area contributed by atoms with Gasteiger partial charge in [0.25, 0.3) is 0 Å². The zero-order valence-electron chi connectivity index (χ0n) is 9.94. The monoisotopic (exact) mass is 228 g/mol. The molecule has 1 N–H and O–H groups in total. The van der Waals surface area contributed by atoms with E-state index in [0.717, 1.165) is 21.9 Å². The third-order valence-electron chi connectivity index (χ3n) is 2.75. The van der Waals surface area contributed by atoms with Crippen LogP contribution in [0.5, 0.6) is 0 Å². The van der Waals surface area contributed by atoms with E-state index in [2.05, 4.69) is 6.58 Å². The highest BCUT2D eigenvalue weighted by Gasteiger charge is 2.04. The minimum Gasteiger partial charge on any atom is -0.494 e. The molecule has 2 nitrogen and oxygen atoms in total. The van der Waals surface area contributed by atoms with Crippen molar-refractivity contribution < 1.29 is 9.84 Å². The second kappa shape index (κ2) is 5.02. The van der Waals surface area contributed by atoms with E-state index in [1.807, 2.05) is 43.3 Å². The Morgan fingerprint density at radius 2 is 1.71 bits per heavy atom. The van der Waals surface area contributed by atoms with Crippen molar-refractivity contribution in [1.29, 1.82) is 0 Å². The van der Waals surface area contributed by atoms with Gasteiger partial charge in [0, 0.05) is 0 Å². The maximum Gasteiger partial charge on any atom is 0.113 e. The third-order valence-corrected chi connectivity index (χ3v) is 2.75. The lowest BCUT2D eigenvalue weighted by molar-refractivity contribution is 0.203. The molecule has 2 aromatic rings. The van der Waals surface area contributed by atoms with E-state index in [-0.39, 0.29) is 6.61 Å². The zero-order chi connectivity index (χ0) is 12.3. The first-order valence-electron chi connectivity index (χ1n) is 5.61. The molecule has 0 aliphatic carbocycles. The number of fused-ring (bicyclic) bond motifs is 1. The molecular formula is C15H16O2. The van der Waals surface area contributed by atoms with Gasteiger partial charge in [-0.1, -0.05) is 43.0 Å². The molecule has 0 aromatic heterocycles. The quantitative estimate of drug-likeness (QED) is 0.813. The first-order valence-corrected chi connectivity index (χ1v) is 5.61. The smallest absolute Gasteiger partial charge is 0.113 e. The summed E-state index contributed by atoms with van der Waals surface area (Å²) in [5.41, 5.74) is 2.06. The third kappa shape index (κ3) is 2.48. The lowest BCUT2D eigenvalue weighted by Crippen LogP contribution is -1.93. The molecule has 0 spiro atoms. The molecule has 2 heteroatoms. The molecule has 0 fully saturated rings. The summed E-state index contributed by atoms with van der Waals surface area (Å²) in [5.74, 6) is 0.709. The van der Waals surface area contributed by atoms with Crippen molar-refractivity contribution in [3.05, 3.63) is 59.9 Å². The van der Waals surface area contributed by atoms with Gasteiger partial charge in [-0.05, 0) is 28.8 Å². The van der Waals surface area contributed by atoms with Crippen LogP contribution < -0.4 is 0 Å². The van der Waals surface area contributed by atoms with Crippen molar-refractivity contribution in [2.24, 2.45) is 0 Å². The average Bonchev–Trinajstić information content (AvgIpc) is 2.35. The van der Waals surface area contributed by atoms with Crippen LogP contribution in [0.4, 0.5) is 0 Å². The predicted molar refractivity (Wildman–Crippen MR) is 69.5 cm³/mol. The molecule has 0 heterocycles. The van der Waals surface area contributed by atoms with E-state index in [1.54, 1.807) is 0 Å². The number of aliphatic hydroxyl groups excluding tert-OH is 1. The Balaban J connectivity index is 2.46. The van der Waals surface area contributed by atoms with Gasteiger partial charge in [-0.2, -0.15) is 0 Å². The topological polar surface area (TPSA) is 29.5 Å². The van der Waals surface area contributed by atoms with E-state index < -0.39 is 0 Å². The van der Waals surface area contributed by atoms with E-state index in [1.165, 1.54) is 0 Å². The summed E-state index contributed by atoms with van der Waals surface area (Å²) in [7, 11) is 0. The van der Waals surface area contributed by atoms with Crippen LogP contribution in [0.3, 0.4) is 0 Å². The molecule has 0 saturated carbocycles. The van der Waals surface area contributed by atoms with Gasteiger partial charge >= 0.3 is 0 Å². The number of aliphatic hydroxyl groups is 1. The van der Waals surface area contributed by atoms with Crippen molar-refractivity contribution in [1.82, 2.24) is 0 Å². The molecule has 0 unspecified atom stereocenters. The fourth-order valence-electron chi connectivity index (χ4n) is 1.90. The molecule has 2 aromatic carbocycles. The van der Waals surface area contributed by atoms with Crippen LogP contribution in [0.2, 0.25) is 0 Å². The Kier molecular flexibility index (Phi) is 3.45. The lowest BCUT2D eigenvalue weighted by Gasteiger charge is -2.10. The van der Waals surface area contributed by atoms with E-state index in [0.29, 0.717) is 12.4 Å². The van der Waals surface area contributed by atoms with Gasteiger partial charge in [0.2, 0.25) is 0 Å². The molecule has 0 bridgehead atoms. The first-order chi connectivity index (χ1) is 8.22. The van der Waals surface area contributed by atoms with Crippen molar-refractivity contribution in [3.63, 3.8) is 0 Å². The Bertz CT molecular complexity index is 544. The molecule has 88 valence electrons. The van der Waals surface area contributed by atoms with Gasteiger partial charge in [-0.3, -0.25) is 0 Å². The van der Waals surface area contributed by atoms with Crippen LogP contribution in [0.1, 0.15) is 18.1 Å². The number of allylic oxidation sites excluding steroid dienone is 1. The number of ether oxygens (including phenoxy) is 1. The highest BCUT2D eigenvalue weighted by Crippen LogP contribution is 2.23. The summed E-state index contributed by atoms with van der Waals surface area (Å²) in [5, 5.41) is 11.5. The van der Waals surface area contributed by atoms with E-state index >= 15 is 0 Å². The molecular weight excluding hydrogens is 212 g/mol. The summed E-state index contributed by atoms with van der Waals surface area (Å²) in [6, 6.07) is 12.0. The minimum absolute atomic E-state index is 0.0577. The number of rotatable bonds is 4. The zero-order valence-corrected chi connectivity index (χ0v) is 9.94. The largest absolute Gasteiger partial charge is 0.494 e. The normalized spacial score (nSPS) is 10.5. The Morgan fingerprint density at radius 3 is 2.29 bits per heavy atom. The molecule has 0 amide bonds. The molecule has 0 aliphatic heterocycles. The number of benzene rings is 2. The SMILES string of the molecule is C=C(C)OCc1cccc2c(CO)cccc12. The Morgan fingerprint density at radius 1 is 1.12 bits per heavy atom. The minimum atomic E-state index is 0.0577. The summed E-state index contributed by atoms with van der Waals surface area (Å²) >= 11 is 0. The molecule has 0 atom stereocenters. The van der Waals surface area contributed by atoms with Gasteiger partial charge in [-0.25, -0.2) is 0 Å². The molecule has 0 saturated heterocycles. The van der Waals surface area contributed by atoms with Crippen molar-refractivity contribution in [2.75, 3.05) is 0 Å². The van der Waals surface area contributed by atoms with E-state index in [4.69, 9.17) is 4.74 Å². The lowest BCUT2D eigenvalue weighted by atomic mass is 10.0. The van der Waals surface area contributed by atoms with Gasteiger partial charge in [-0.15, -0.1) is 0 Å². The summed E-state index contributed by atoms with van der Waals surface area (Å²) in [6.07, 6.45) is 0. The second-order valence-electron chi connectivity index (χ2n) is 4.08. The van der Waals surface area contributed by atoms with Crippen LogP contribution >= 0.6 is 0 Å². The summed E-state index contributed by atoms with van der Waals surface area (Å²) in [6.45, 7) is 6.13. The van der Waals surface area contributed by atoms with Gasteiger partial charge < -0.3 is 9.84 Å². The van der Waals surface area contributed by atoms with Crippen molar-refractivity contribution >= 4 is 10.8 Å². The molecule has 0 radical (unpaired) electrons. The highest BCUT2D eigenvalue weighted by molar-refractivity contribution is 5.88. The van der Waals surface area contributed by atoms with Gasteiger partial charge in [0.1, 0.15) is 6.61 Å². The van der Waals surface area contributed by atoms with Crippen LogP contribution in [-0.2, 0) is 18.0 Å². The van der Waals surface area contributed by atoms with Crippen molar-refractivity contribution in [3.8, 4) is 0 Å². The standard InChI is InChI=1S/C15H16O2/c1-11(2)17-10-13-6-4-7-14-12(9-16)5-3-8-15(13)14/h3-8,16H,1,9-10H2,2H3. The second-order valence-corrected chi connectivity index (χ2v) is 4.08. The Hall–Kier alpha value is -1.80. The molecule has 2 rings (SSSR count). The highest BCUT2D eigenvalue weighted by atomic mass is 16.5. The predicted octanol–water partition coefficient (Wildman–Crippen LogP) is 3.38. The van der Waals surface area contributed by atoms with Gasteiger partial charge in [0.05, 0.1) is 12.4 Å². The van der Waals surface area contributed by atoms with Crippen LogP contribution in [0.25, 0.3) is 10.8 Å². The number of hydrogen-bond acceptors (Lipinski definition) is 2. The van der Waals surface area contributed by atoms with Crippen LogP contribution in [0, 0.1) is 0 Å². The van der Waals surface area contributed by atoms with E-state index in [9.17, 15) is 5.11 Å². The first kappa shape index (κ1) is 11.7. The molecule has 17 heavy (non-hydrogen) atoms. The fraction of sp³-hybridized carbons (Fsp3) is 0.200. The van der Waals surface area contributed by atoms with Gasteiger partial charge in [0.15, 0.2) is 0 Å². The maximum atomic E-state index is 9.30. The molecule has 0 aliphatic rings. The van der Waals surface area contributed by atoms with Crippen LogP contribution in [0.15, 0.2) is 48.7 Å². The average molecular weight is 228 g/mol. The van der Waals surface area contributed by atoms with Crippen LogP contribution in [-0.4, -0.2) is 5.11 Å². The number of hydrogen-bond donors (Lipinski definition) is 1. The summed E-state index contributed by atoms with van der Waals surface area (Å²) < 4.78 is 5.45. The van der Waals surface area contributed by atoms with Crippen molar-refractivity contribution in [2.45, 2.75) is 20.1 Å². The summed E-state index contributed by atoms with van der Waals surface area (Å²) in [4.78, 5) is 0. The maximum absolute atomic E-state index is 9.30. The Labute approximate surface area is 101 Å². The fourth-order valence-corrected chi connectivity index (χ4v) is 1.90.